The van der Waals surface area contributed by atoms with Gasteiger partial charge in [0, 0.05) is 30.6 Å². The van der Waals surface area contributed by atoms with Gasteiger partial charge in [-0.1, -0.05) is 0 Å². The highest BCUT2D eigenvalue weighted by molar-refractivity contribution is 7.14. The van der Waals surface area contributed by atoms with Crippen LogP contribution in [0.1, 0.15) is 42.3 Å². The zero-order valence-electron chi connectivity index (χ0n) is 9.91. The lowest BCUT2D eigenvalue weighted by atomic mass is 9.90. The van der Waals surface area contributed by atoms with E-state index in [1.165, 1.54) is 31.6 Å². The maximum Gasteiger partial charge on any atom is 0.204 e. The smallest absolute Gasteiger partial charge is 0.204 e. The number of ether oxygens (including phenoxy) is 1. The van der Waals surface area contributed by atoms with E-state index in [1.54, 1.807) is 0 Å². The van der Waals surface area contributed by atoms with Crippen LogP contribution in [0.5, 0.6) is 0 Å². The van der Waals surface area contributed by atoms with Crippen molar-refractivity contribution in [2.24, 2.45) is 0 Å². The molecule has 2 aromatic rings. The number of fused-ring (bicyclic) bond motifs is 2. The van der Waals surface area contributed by atoms with E-state index in [4.69, 9.17) is 4.74 Å². The lowest BCUT2D eigenvalue weighted by Crippen LogP contribution is -2.18. The van der Waals surface area contributed by atoms with E-state index in [1.807, 2.05) is 0 Å². The summed E-state index contributed by atoms with van der Waals surface area (Å²) in [5.41, 5.74) is 0.964. The molecule has 1 aliphatic carbocycles. The van der Waals surface area contributed by atoms with Crippen LogP contribution < -0.4 is 0 Å². The van der Waals surface area contributed by atoms with Crippen LogP contribution in [0, 0.1) is 0 Å². The van der Waals surface area contributed by atoms with Gasteiger partial charge < -0.3 is 9.84 Å². The molecule has 19 heavy (non-hydrogen) atoms. The molecular weight excluding hydrogens is 266 g/mol. The summed E-state index contributed by atoms with van der Waals surface area (Å²) in [6.07, 6.45) is 1.74. The molecule has 3 rings (SSSR count). The minimum atomic E-state index is -1.13. The molecule has 1 N–H and O–H groups in total. The lowest BCUT2D eigenvalue weighted by molar-refractivity contribution is -0.0743. The van der Waals surface area contributed by atoms with Crippen LogP contribution >= 0.6 is 11.3 Å². The number of nitrogens with zero attached hydrogens (tertiary/aromatic N) is 1. The Balaban J connectivity index is 2.18. The summed E-state index contributed by atoms with van der Waals surface area (Å²) in [7, 11) is 1.35. The molecule has 0 fully saturated rings. The van der Waals surface area contributed by atoms with Crippen molar-refractivity contribution in [2.45, 2.75) is 6.29 Å². The van der Waals surface area contributed by atoms with Crippen molar-refractivity contribution in [3.05, 3.63) is 51.0 Å². The molecule has 0 aromatic carbocycles. The Hall–Kier alpha value is -1.89. The van der Waals surface area contributed by atoms with Crippen molar-refractivity contribution in [1.29, 1.82) is 0 Å². The number of ketones is 2. The van der Waals surface area contributed by atoms with Gasteiger partial charge in [-0.2, -0.15) is 0 Å². The van der Waals surface area contributed by atoms with Gasteiger partial charge in [-0.05, 0) is 12.1 Å². The average molecular weight is 275 g/mol. The first-order valence-electron chi connectivity index (χ1n) is 5.51. The Morgan fingerprint density at radius 3 is 2.79 bits per heavy atom. The molecule has 0 aliphatic heterocycles. The minimum absolute atomic E-state index is 0.216. The highest BCUT2D eigenvalue weighted by Gasteiger charge is 2.32. The highest BCUT2D eigenvalue weighted by atomic mass is 32.1. The fourth-order valence-corrected chi connectivity index (χ4v) is 3.10. The molecule has 2 heterocycles. The Morgan fingerprint density at radius 2 is 2.05 bits per heavy atom. The van der Waals surface area contributed by atoms with Gasteiger partial charge in [0.25, 0.3) is 0 Å². The van der Waals surface area contributed by atoms with Crippen molar-refractivity contribution in [3.8, 4) is 0 Å². The third-order valence-electron chi connectivity index (χ3n) is 2.98. The van der Waals surface area contributed by atoms with E-state index in [0.717, 1.165) is 11.3 Å². The van der Waals surface area contributed by atoms with Crippen molar-refractivity contribution in [2.75, 3.05) is 7.11 Å². The van der Waals surface area contributed by atoms with Crippen LogP contribution in [-0.4, -0.2) is 28.8 Å². The number of aromatic nitrogens is 1. The van der Waals surface area contributed by atoms with Crippen LogP contribution in [0.3, 0.4) is 0 Å². The van der Waals surface area contributed by atoms with Gasteiger partial charge >= 0.3 is 0 Å². The fraction of sp³-hybridized carbons (Fsp3) is 0.154. The number of carbonyl (C=O) groups is 2. The average Bonchev–Trinajstić information content (AvgIpc) is 2.89. The number of aliphatic hydroxyl groups is 1. The molecule has 0 radical (unpaired) electrons. The zero-order valence-corrected chi connectivity index (χ0v) is 10.7. The largest absolute Gasteiger partial charge is 0.364 e. The number of hydrogen-bond donors (Lipinski definition) is 1. The quantitative estimate of drug-likeness (QED) is 0.718. The van der Waals surface area contributed by atoms with Gasteiger partial charge in [-0.25, -0.2) is 0 Å². The zero-order chi connectivity index (χ0) is 13.6. The normalized spacial score (nSPS) is 15.1. The molecule has 0 amide bonds. The summed E-state index contributed by atoms with van der Waals surface area (Å²) < 4.78 is 4.79. The first-order valence-corrected chi connectivity index (χ1v) is 6.33. The molecular formula is C13H9NO4S. The number of rotatable bonds is 2. The van der Waals surface area contributed by atoms with Crippen molar-refractivity contribution in [1.82, 2.24) is 4.98 Å². The highest BCUT2D eigenvalue weighted by Crippen LogP contribution is 2.35. The van der Waals surface area contributed by atoms with Gasteiger partial charge in [-0.15, -0.1) is 11.3 Å². The van der Waals surface area contributed by atoms with Crippen LogP contribution in [0.2, 0.25) is 0 Å². The van der Waals surface area contributed by atoms with Gasteiger partial charge in [0.15, 0.2) is 12.1 Å². The van der Waals surface area contributed by atoms with Crippen LogP contribution in [0.25, 0.3) is 0 Å². The first kappa shape index (κ1) is 12.2. The predicted octanol–water partition coefficient (Wildman–Crippen LogP) is 1.56. The van der Waals surface area contributed by atoms with E-state index < -0.39 is 6.29 Å². The monoisotopic (exact) mass is 275 g/mol. The standard InChI is InChI=1S/C13H9NO4S/c1-18-13(17)9-4-7-10(15)8-5-14-3-2-6(8)11(16)12(7)19-9/h2-5,13,17H,1H3. The third-order valence-corrected chi connectivity index (χ3v) is 4.14. The van der Waals surface area contributed by atoms with Crippen molar-refractivity contribution >= 4 is 22.9 Å². The SMILES string of the molecule is COC(O)c1cc2c(s1)C(=O)c1ccncc1C2=O. The second-order valence-electron chi connectivity index (χ2n) is 4.06. The second kappa shape index (κ2) is 4.34. The molecule has 1 atom stereocenters. The van der Waals surface area contributed by atoms with E-state index >= 15 is 0 Å². The Morgan fingerprint density at radius 1 is 1.26 bits per heavy atom. The van der Waals surface area contributed by atoms with E-state index in [0.29, 0.717) is 26.4 Å². The van der Waals surface area contributed by atoms with Gasteiger partial charge in [-0.3, -0.25) is 14.6 Å². The van der Waals surface area contributed by atoms with Gasteiger partial charge in [0.1, 0.15) is 0 Å². The third kappa shape index (κ3) is 1.73. The van der Waals surface area contributed by atoms with Crippen LogP contribution in [-0.2, 0) is 4.74 Å². The number of hydrogen-bond acceptors (Lipinski definition) is 6. The molecule has 5 nitrogen and oxygen atoms in total. The van der Waals surface area contributed by atoms with Gasteiger partial charge in [0.05, 0.1) is 15.3 Å². The summed E-state index contributed by atoms with van der Waals surface area (Å²) in [6, 6.07) is 3.04. The first-order chi connectivity index (χ1) is 9.13. The number of pyridine rings is 1. The fourth-order valence-electron chi connectivity index (χ4n) is 2.03. The molecule has 1 unspecified atom stereocenters. The van der Waals surface area contributed by atoms with Crippen LogP contribution in [0.15, 0.2) is 24.5 Å². The number of carbonyl (C=O) groups excluding carboxylic acids is 2. The van der Waals surface area contributed by atoms with Crippen LogP contribution in [0.4, 0.5) is 0 Å². The molecule has 0 saturated heterocycles. The van der Waals surface area contributed by atoms with E-state index in [-0.39, 0.29) is 11.6 Å². The molecule has 1 aliphatic rings. The minimum Gasteiger partial charge on any atom is -0.364 e. The predicted molar refractivity (Wildman–Crippen MR) is 67.4 cm³/mol. The maximum absolute atomic E-state index is 12.3. The second-order valence-corrected chi connectivity index (χ2v) is 5.14. The molecule has 96 valence electrons. The molecule has 0 bridgehead atoms. The van der Waals surface area contributed by atoms with Gasteiger partial charge in [0.2, 0.25) is 5.78 Å². The Bertz CT molecular complexity index is 639. The van der Waals surface area contributed by atoms with E-state index in [9.17, 15) is 14.7 Å². The summed E-state index contributed by atoms with van der Waals surface area (Å²) in [4.78, 5) is 29.2. The summed E-state index contributed by atoms with van der Waals surface area (Å²) in [5, 5.41) is 9.62. The Labute approximate surface area is 112 Å². The number of thiophene rings is 1. The summed E-state index contributed by atoms with van der Waals surface area (Å²) >= 11 is 1.08. The number of aliphatic hydroxyl groups excluding tert-OH is 1. The molecule has 0 saturated carbocycles. The molecule has 0 spiro atoms. The number of methoxy groups -OCH3 is 1. The molecule has 2 aromatic heterocycles. The maximum atomic E-state index is 12.3. The lowest BCUT2D eigenvalue weighted by Gasteiger charge is -2.12. The Kier molecular flexibility index (Phi) is 2.78. The van der Waals surface area contributed by atoms with Crippen molar-refractivity contribution in [3.63, 3.8) is 0 Å². The summed E-state index contributed by atoms with van der Waals surface area (Å²) in [5.74, 6) is -0.463. The topological polar surface area (TPSA) is 76.5 Å². The summed E-state index contributed by atoms with van der Waals surface area (Å²) in [6.45, 7) is 0. The van der Waals surface area contributed by atoms with E-state index in [2.05, 4.69) is 4.98 Å². The van der Waals surface area contributed by atoms with Crippen molar-refractivity contribution < 1.29 is 19.4 Å². The molecule has 6 heteroatoms.